The number of aromatic nitrogens is 1. The van der Waals surface area contributed by atoms with Gasteiger partial charge in [0.2, 0.25) is 0 Å². The number of hydrogen-bond acceptors (Lipinski definition) is 3. The van der Waals surface area contributed by atoms with Crippen LogP contribution in [0.5, 0.6) is 0 Å². The van der Waals surface area contributed by atoms with Crippen LogP contribution >= 0.6 is 0 Å². The number of nitrogens with one attached hydrogen (secondary N) is 1. The van der Waals surface area contributed by atoms with Gasteiger partial charge in [0.25, 0.3) is 5.91 Å². The van der Waals surface area contributed by atoms with Gasteiger partial charge in [-0.2, -0.15) is 0 Å². The zero-order chi connectivity index (χ0) is 20.0. The molecular formula is C22H30N2O3. The first-order valence-electron chi connectivity index (χ1n) is 9.37. The van der Waals surface area contributed by atoms with Crippen molar-refractivity contribution in [1.29, 1.82) is 0 Å². The van der Waals surface area contributed by atoms with Gasteiger partial charge in [-0.25, -0.2) is 4.79 Å². The van der Waals surface area contributed by atoms with Gasteiger partial charge in [0.05, 0.1) is 12.7 Å². The molecule has 0 bridgehead atoms. The van der Waals surface area contributed by atoms with Gasteiger partial charge < -0.3 is 14.6 Å². The van der Waals surface area contributed by atoms with Crippen molar-refractivity contribution < 1.29 is 14.3 Å². The van der Waals surface area contributed by atoms with Gasteiger partial charge in [-0.3, -0.25) is 4.79 Å². The van der Waals surface area contributed by atoms with Crippen LogP contribution in [0.2, 0.25) is 0 Å². The molecule has 5 nitrogen and oxygen atoms in total. The van der Waals surface area contributed by atoms with Gasteiger partial charge in [-0.05, 0) is 30.7 Å². The van der Waals surface area contributed by atoms with Crippen molar-refractivity contribution >= 4 is 22.8 Å². The molecule has 0 aliphatic rings. The average molecular weight is 370 g/mol. The normalized spacial score (nSPS) is 12.6. The fraction of sp³-hybridized carbons (Fsp3) is 0.455. The lowest BCUT2D eigenvalue weighted by Crippen LogP contribution is -2.49. The molecule has 1 heterocycles. The molecule has 1 aromatic carbocycles. The molecule has 0 spiro atoms. The van der Waals surface area contributed by atoms with E-state index in [9.17, 15) is 9.59 Å². The van der Waals surface area contributed by atoms with Crippen molar-refractivity contribution in [1.82, 2.24) is 9.88 Å². The number of rotatable bonds is 8. The van der Waals surface area contributed by atoms with E-state index in [0.29, 0.717) is 5.56 Å². The minimum atomic E-state index is -0.718. The molecular weight excluding hydrogens is 340 g/mol. The predicted octanol–water partition coefficient (Wildman–Crippen LogP) is 4.32. The Labute approximate surface area is 161 Å². The van der Waals surface area contributed by atoms with E-state index >= 15 is 0 Å². The van der Waals surface area contributed by atoms with E-state index in [1.807, 2.05) is 57.3 Å². The Hall–Kier alpha value is -2.56. The first-order chi connectivity index (χ1) is 12.8. The van der Waals surface area contributed by atoms with Crippen molar-refractivity contribution in [3.05, 3.63) is 48.7 Å². The minimum absolute atomic E-state index is 0.263. The van der Waals surface area contributed by atoms with Crippen molar-refractivity contribution in [2.75, 3.05) is 7.11 Å². The highest BCUT2D eigenvalue weighted by atomic mass is 16.5. The molecule has 2 rings (SSSR count). The second-order valence-corrected chi connectivity index (χ2v) is 7.83. The lowest BCUT2D eigenvalue weighted by Gasteiger charge is -2.28. The standard InChI is InChI=1S/C22H30N2O3/c1-6-7-8-11-14-24-15-17(16-12-9-10-13-18(16)24)20(25)23-19(21(26)27-5)22(2,3)4/h6,9-10,12-13,15,19H,1,7-8,11,14H2,2-5H3,(H,23,25). The molecule has 5 heteroatoms. The van der Waals surface area contributed by atoms with Crippen molar-refractivity contribution in [3.8, 4) is 0 Å². The average Bonchev–Trinajstić information content (AvgIpc) is 3.00. The van der Waals surface area contributed by atoms with Gasteiger partial charge in [0.15, 0.2) is 0 Å². The van der Waals surface area contributed by atoms with Gasteiger partial charge in [-0.15, -0.1) is 6.58 Å². The second-order valence-electron chi connectivity index (χ2n) is 7.83. The highest BCUT2D eigenvalue weighted by Crippen LogP contribution is 2.24. The predicted molar refractivity (Wildman–Crippen MR) is 109 cm³/mol. The zero-order valence-electron chi connectivity index (χ0n) is 16.7. The molecule has 0 radical (unpaired) electrons. The maximum Gasteiger partial charge on any atom is 0.328 e. The lowest BCUT2D eigenvalue weighted by atomic mass is 9.86. The highest BCUT2D eigenvalue weighted by Gasteiger charge is 2.34. The fourth-order valence-electron chi connectivity index (χ4n) is 3.14. The van der Waals surface area contributed by atoms with Gasteiger partial charge >= 0.3 is 5.97 Å². The summed E-state index contributed by atoms with van der Waals surface area (Å²) in [5, 5.41) is 3.75. The van der Waals surface area contributed by atoms with Crippen LogP contribution in [0.15, 0.2) is 43.1 Å². The maximum absolute atomic E-state index is 13.0. The molecule has 1 unspecified atom stereocenters. The number of methoxy groups -OCH3 is 1. The number of ether oxygens (including phenoxy) is 1. The summed E-state index contributed by atoms with van der Waals surface area (Å²) in [6.45, 7) is 10.3. The number of fused-ring (bicyclic) bond motifs is 1. The Morgan fingerprint density at radius 1 is 1.26 bits per heavy atom. The third-order valence-electron chi connectivity index (χ3n) is 4.67. The van der Waals surface area contributed by atoms with Crippen LogP contribution in [0.25, 0.3) is 10.9 Å². The quantitative estimate of drug-likeness (QED) is 0.428. The number of hydrogen-bond donors (Lipinski definition) is 1. The first kappa shape index (κ1) is 20.7. The third kappa shape index (κ3) is 5.00. The summed E-state index contributed by atoms with van der Waals surface area (Å²) < 4.78 is 6.99. The number of para-hydroxylation sites is 1. The summed E-state index contributed by atoms with van der Waals surface area (Å²) in [4.78, 5) is 25.1. The lowest BCUT2D eigenvalue weighted by molar-refractivity contribution is -0.145. The molecule has 146 valence electrons. The SMILES string of the molecule is C=CCCCCn1cc(C(=O)NC(C(=O)OC)C(C)(C)C)c2ccccc21. The zero-order valence-corrected chi connectivity index (χ0v) is 16.7. The molecule has 1 N–H and O–H groups in total. The monoisotopic (exact) mass is 370 g/mol. The first-order valence-corrected chi connectivity index (χ1v) is 9.37. The van der Waals surface area contributed by atoms with Crippen LogP contribution in [0.3, 0.4) is 0 Å². The molecule has 0 fully saturated rings. The molecule has 27 heavy (non-hydrogen) atoms. The number of allylic oxidation sites excluding steroid dienone is 1. The van der Waals surface area contributed by atoms with E-state index in [1.165, 1.54) is 7.11 Å². The topological polar surface area (TPSA) is 60.3 Å². The molecule has 1 atom stereocenters. The second kappa shape index (κ2) is 8.89. The number of carbonyl (C=O) groups excluding carboxylic acids is 2. The Kier molecular flexibility index (Phi) is 6.83. The number of amides is 1. The highest BCUT2D eigenvalue weighted by molar-refractivity contribution is 6.08. The van der Waals surface area contributed by atoms with E-state index in [0.717, 1.165) is 36.7 Å². The summed E-state index contributed by atoms with van der Waals surface area (Å²) in [6.07, 6.45) is 6.86. The van der Waals surface area contributed by atoms with Crippen molar-refractivity contribution in [2.45, 2.75) is 52.6 Å². The van der Waals surface area contributed by atoms with E-state index < -0.39 is 17.4 Å². The number of esters is 1. The molecule has 0 saturated heterocycles. The summed E-state index contributed by atoms with van der Waals surface area (Å²) >= 11 is 0. The van der Waals surface area contributed by atoms with Crippen molar-refractivity contribution in [2.24, 2.45) is 5.41 Å². The Bertz CT molecular complexity index is 815. The molecule has 0 aliphatic carbocycles. The van der Waals surface area contributed by atoms with Gasteiger partial charge in [0, 0.05) is 23.6 Å². The third-order valence-corrected chi connectivity index (χ3v) is 4.67. The van der Waals surface area contributed by atoms with Crippen molar-refractivity contribution in [3.63, 3.8) is 0 Å². The molecule has 1 amide bonds. The van der Waals surface area contributed by atoms with Crippen LogP contribution in [-0.4, -0.2) is 29.6 Å². The van der Waals surface area contributed by atoms with E-state index in [-0.39, 0.29) is 5.91 Å². The number of aryl methyl sites for hydroxylation is 1. The maximum atomic E-state index is 13.0. The fourth-order valence-corrected chi connectivity index (χ4v) is 3.14. The number of unbranched alkanes of at least 4 members (excludes halogenated alkanes) is 2. The van der Waals surface area contributed by atoms with Gasteiger partial charge in [0.1, 0.15) is 6.04 Å². The smallest absolute Gasteiger partial charge is 0.328 e. The largest absolute Gasteiger partial charge is 0.467 e. The van der Waals surface area contributed by atoms with Crippen LogP contribution < -0.4 is 5.32 Å². The Morgan fingerprint density at radius 3 is 2.59 bits per heavy atom. The van der Waals surface area contributed by atoms with Gasteiger partial charge in [-0.1, -0.05) is 45.0 Å². The van der Waals surface area contributed by atoms with Crippen LogP contribution in [0.1, 0.15) is 50.4 Å². The molecule has 0 aliphatic heterocycles. The minimum Gasteiger partial charge on any atom is -0.467 e. The van der Waals surface area contributed by atoms with Crippen LogP contribution in [-0.2, 0) is 16.1 Å². The van der Waals surface area contributed by atoms with Crippen LogP contribution in [0.4, 0.5) is 0 Å². The summed E-state index contributed by atoms with van der Waals surface area (Å²) in [7, 11) is 1.34. The number of carbonyl (C=O) groups is 2. The van der Waals surface area contributed by atoms with E-state index in [2.05, 4.69) is 16.5 Å². The summed E-state index contributed by atoms with van der Waals surface area (Å²) in [5.74, 6) is -0.703. The molecule has 1 aromatic heterocycles. The van der Waals surface area contributed by atoms with Crippen LogP contribution in [0, 0.1) is 5.41 Å². The number of benzene rings is 1. The summed E-state index contributed by atoms with van der Waals surface area (Å²) in [6, 6.07) is 7.12. The molecule has 2 aromatic rings. The number of nitrogens with zero attached hydrogens (tertiary/aromatic N) is 1. The summed E-state index contributed by atoms with van der Waals surface area (Å²) in [5.41, 5.74) is 1.14. The van der Waals surface area contributed by atoms with E-state index in [4.69, 9.17) is 4.74 Å². The molecule has 0 saturated carbocycles. The Morgan fingerprint density at radius 2 is 1.96 bits per heavy atom. The van der Waals surface area contributed by atoms with E-state index in [1.54, 1.807) is 0 Å². The Balaban J connectivity index is 2.30.